The third kappa shape index (κ3) is 5.08. The van der Waals surface area contributed by atoms with Gasteiger partial charge in [0, 0.05) is 16.8 Å². The van der Waals surface area contributed by atoms with Crippen LogP contribution in [0.25, 0.3) is 17.3 Å². The monoisotopic (exact) mass is 468 g/mol. The third-order valence-electron chi connectivity index (χ3n) is 6.69. The van der Waals surface area contributed by atoms with Crippen LogP contribution in [0.5, 0.6) is 5.75 Å². The average Bonchev–Trinajstić information content (AvgIpc) is 2.92. The van der Waals surface area contributed by atoms with Gasteiger partial charge in [-0.05, 0) is 92.0 Å². The molecule has 6 nitrogen and oxygen atoms in total. The Kier molecular flexibility index (Phi) is 7.09. The van der Waals surface area contributed by atoms with Gasteiger partial charge in [0.25, 0.3) is 0 Å². The second kappa shape index (κ2) is 10.7. The van der Waals surface area contributed by atoms with Gasteiger partial charge in [-0.15, -0.1) is 0 Å². The molecule has 3 aromatic rings. The number of aromatic nitrogens is 1. The van der Waals surface area contributed by atoms with Gasteiger partial charge in [-0.2, -0.15) is 0 Å². The van der Waals surface area contributed by atoms with Gasteiger partial charge >= 0.3 is 0 Å². The van der Waals surface area contributed by atoms with Gasteiger partial charge in [-0.1, -0.05) is 31.2 Å². The van der Waals surface area contributed by atoms with E-state index >= 15 is 0 Å². The number of ether oxygens (including phenoxy) is 1. The largest absolute Gasteiger partial charge is 0.493 e. The van der Waals surface area contributed by atoms with Crippen molar-refractivity contribution in [3.8, 4) is 17.0 Å². The minimum Gasteiger partial charge on any atom is -0.493 e. The Bertz CT molecular complexity index is 1200. The molecule has 2 aliphatic rings. The Hall–Kier alpha value is -3.64. The highest BCUT2D eigenvalue weighted by Gasteiger charge is 2.24. The van der Waals surface area contributed by atoms with Gasteiger partial charge in [0.1, 0.15) is 23.9 Å². The summed E-state index contributed by atoms with van der Waals surface area (Å²) in [6.07, 6.45) is 8.00. The van der Waals surface area contributed by atoms with Crippen LogP contribution in [0, 0.1) is 0 Å². The van der Waals surface area contributed by atoms with Gasteiger partial charge in [-0.25, -0.2) is 4.98 Å². The first kappa shape index (κ1) is 23.1. The van der Waals surface area contributed by atoms with Crippen LogP contribution in [0.1, 0.15) is 54.8 Å². The first-order valence-electron chi connectivity index (χ1n) is 12.5. The molecule has 3 N–H and O–H groups in total. The first-order chi connectivity index (χ1) is 17.3. The number of hydrogen-bond donors (Lipinski definition) is 3. The van der Waals surface area contributed by atoms with E-state index in [1.807, 2.05) is 42.6 Å². The van der Waals surface area contributed by atoms with E-state index in [-0.39, 0.29) is 0 Å². The summed E-state index contributed by atoms with van der Waals surface area (Å²) < 4.78 is 6.00. The quantitative estimate of drug-likeness (QED) is 0.376. The SMILES string of the molecule is CCCOc1ccccc1-c1cc2c(c(Nc3ccc(C4CCNCC4)cc3)n1)C(C=O)NC=C2. The standard InChI is InChI=1S/C29H32N4O2/c1-2-17-35-27-6-4-3-5-24(27)25-18-22-13-16-31-26(19-34)28(22)29(33-25)32-23-9-7-20(8-10-23)21-11-14-30-15-12-21/h3-10,13,16,18-19,21,26,30-31H,2,11-12,14-15,17H2,1H3,(H,32,33). The van der Waals surface area contributed by atoms with E-state index in [9.17, 15) is 4.79 Å². The van der Waals surface area contributed by atoms with E-state index in [2.05, 4.69) is 47.1 Å². The lowest BCUT2D eigenvalue weighted by Crippen LogP contribution is -2.26. The number of aldehydes is 1. The molecule has 1 aromatic heterocycles. The van der Waals surface area contributed by atoms with Crippen LogP contribution in [0.3, 0.4) is 0 Å². The van der Waals surface area contributed by atoms with Crippen LogP contribution in [0.15, 0.2) is 60.8 Å². The molecule has 0 amide bonds. The lowest BCUT2D eigenvalue weighted by atomic mass is 9.90. The number of para-hydroxylation sites is 1. The van der Waals surface area contributed by atoms with Crippen molar-refractivity contribution in [2.24, 2.45) is 0 Å². The van der Waals surface area contributed by atoms with Crippen molar-refractivity contribution in [3.63, 3.8) is 0 Å². The van der Waals surface area contributed by atoms with Gasteiger partial charge in [0.05, 0.1) is 12.3 Å². The first-order valence-corrected chi connectivity index (χ1v) is 12.5. The zero-order valence-electron chi connectivity index (χ0n) is 20.1. The second-order valence-electron chi connectivity index (χ2n) is 9.09. The molecule has 0 saturated carbocycles. The number of hydrogen-bond acceptors (Lipinski definition) is 6. The Morgan fingerprint density at radius 3 is 2.69 bits per heavy atom. The molecular weight excluding hydrogens is 436 g/mol. The molecule has 6 heteroatoms. The van der Waals surface area contributed by atoms with E-state index in [0.717, 1.165) is 59.6 Å². The van der Waals surface area contributed by atoms with Gasteiger partial charge < -0.3 is 25.5 Å². The number of nitrogens with one attached hydrogen (secondary N) is 3. The Balaban J connectivity index is 1.51. The molecule has 0 radical (unpaired) electrons. The van der Waals surface area contributed by atoms with E-state index in [4.69, 9.17) is 9.72 Å². The number of rotatable bonds is 8. The van der Waals surface area contributed by atoms with E-state index in [0.29, 0.717) is 18.3 Å². The maximum Gasteiger partial charge on any atom is 0.146 e. The highest BCUT2D eigenvalue weighted by molar-refractivity contribution is 5.81. The maximum absolute atomic E-state index is 11.9. The predicted molar refractivity (Wildman–Crippen MR) is 141 cm³/mol. The number of piperidine rings is 1. The number of carbonyl (C=O) groups is 1. The molecule has 1 fully saturated rings. The number of fused-ring (bicyclic) bond motifs is 1. The Morgan fingerprint density at radius 1 is 1.11 bits per heavy atom. The minimum absolute atomic E-state index is 0.459. The van der Waals surface area contributed by atoms with Crippen molar-refractivity contribution in [3.05, 3.63) is 77.5 Å². The fraction of sp³-hybridized carbons (Fsp3) is 0.310. The summed E-state index contributed by atoms with van der Waals surface area (Å²) in [6, 6.07) is 18.2. The van der Waals surface area contributed by atoms with Crippen LogP contribution in [0.4, 0.5) is 11.5 Å². The normalized spacial score (nSPS) is 17.3. The van der Waals surface area contributed by atoms with Crippen LogP contribution < -0.4 is 20.7 Å². The summed E-state index contributed by atoms with van der Waals surface area (Å²) in [5.41, 5.74) is 5.87. The molecule has 0 bridgehead atoms. The number of benzene rings is 2. The zero-order valence-corrected chi connectivity index (χ0v) is 20.1. The fourth-order valence-corrected chi connectivity index (χ4v) is 4.85. The van der Waals surface area contributed by atoms with Crippen molar-refractivity contribution in [1.82, 2.24) is 15.6 Å². The molecule has 35 heavy (non-hydrogen) atoms. The summed E-state index contributed by atoms with van der Waals surface area (Å²) in [4.78, 5) is 16.9. The number of carbonyl (C=O) groups excluding carboxylic acids is 1. The summed E-state index contributed by atoms with van der Waals surface area (Å²) in [5, 5.41) is 10.1. The Morgan fingerprint density at radius 2 is 1.91 bits per heavy atom. The smallest absolute Gasteiger partial charge is 0.146 e. The van der Waals surface area contributed by atoms with Crippen LogP contribution in [0.2, 0.25) is 0 Å². The number of anilines is 2. The van der Waals surface area contributed by atoms with Crippen molar-refractivity contribution < 1.29 is 9.53 Å². The van der Waals surface area contributed by atoms with Crippen molar-refractivity contribution >= 4 is 23.9 Å². The average molecular weight is 469 g/mol. The molecule has 5 rings (SSSR count). The molecule has 180 valence electrons. The van der Waals surface area contributed by atoms with Crippen LogP contribution >= 0.6 is 0 Å². The van der Waals surface area contributed by atoms with E-state index in [1.54, 1.807) is 0 Å². The molecule has 2 aliphatic heterocycles. The molecule has 0 spiro atoms. The lowest BCUT2D eigenvalue weighted by Gasteiger charge is -2.24. The number of nitrogens with zero attached hydrogens (tertiary/aromatic N) is 1. The summed E-state index contributed by atoms with van der Waals surface area (Å²) in [6.45, 7) is 4.89. The molecular formula is C29H32N4O2. The van der Waals surface area contributed by atoms with Crippen molar-refractivity contribution in [1.29, 1.82) is 0 Å². The minimum atomic E-state index is -0.459. The molecule has 1 unspecified atom stereocenters. The van der Waals surface area contributed by atoms with Crippen LogP contribution in [-0.4, -0.2) is 31.0 Å². The molecule has 3 heterocycles. The summed E-state index contributed by atoms with van der Waals surface area (Å²) in [7, 11) is 0. The summed E-state index contributed by atoms with van der Waals surface area (Å²) >= 11 is 0. The third-order valence-corrected chi connectivity index (χ3v) is 6.69. The molecule has 0 aliphatic carbocycles. The molecule has 2 aromatic carbocycles. The van der Waals surface area contributed by atoms with Gasteiger partial charge in [0.15, 0.2) is 0 Å². The fourth-order valence-electron chi connectivity index (χ4n) is 4.85. The number of pyridine rings is 1. The highest BCUT2D eigenvalue weighted by Crippen LogP contribution is 2.37. The Labute approximate surface area is 206 Å². The zero-order chi connectivity index (χ0) is 24.0. The topological polar surface area (TPSA) is 75.3 Å². The van der Waals surface area contributed by atoms with Crippen molar-refractivity contribution in [2.45, 2.75) is 38.1 Å². The van der Waals surface area contributed by atoms with Gasteiger partial charge in [-0.3, -0.25) is 0 Å². The molecule has 1 atom stereocenters. The van der Waals surface area contributed by atoms with E-state index < -0.39 is 6.04 Å². The van der Waals surface area contributed by atoms with Gasteiger partial charge in [0.2, 0.25) is 0 Å². The highest BCUT2D eigenvalue weighted by atomic mass is 16.5. The maximum atomic E-state index is 11.9. The summed E-state index contributed by atoms with van der Waals surface area (Å²) in [5.74, 6) is 2.09. The second-order valence-corrected chi connectivity index (χ2v) is 9.09. The van der Waals surface area contributed by atoms with Crippen molar-refractivity contribution in [2.75, 3.05) is 25.0 Å². The van der Waals surface area contributed by atoms with E-state index in [1.165, 1.54) is 18.4 Å². The molecule has 1 saturated heterocycles. The van der Waals surface area contributed by atoms with Crippen LogP contribution in [-0.2, 0) is 4.79 Å². The predicted octanol–water partition coefficient (Wildman–Crippen LogP) is 5.56. The lowest BCUT2D eigenvalue weighted by molar-refractivity contribution is -0.109.